The highest BCUT2D eigenvalue weighted by Gasteiger charge is 2.07. The van der Waals surface area contributed by atoms with Gasteiger partial charge in [-0.1, -0.05) is 54.6 Å². The van der Waals surface area contributed by atoms with E-state index in [0.717, 1.165) is 21.6 Å². The van der Waals surface area contributed by atoms with Gasteiger partial charge in [0.1, 0.15) is 0 Å². The molecule has 25 heavy (non-hydrogen) atoms. The topological polar surface area (TPSA) is 38.9 Å². The molecule has 0 amide bonds. The van der Waals surface area contributed by atoms with Crippen molar-refractivity contribution < 1.29 is 4.74 Å². The lowest BCUT2D eigenvalue weighted by atomic mass is 10.1. The van der Waals surface area contributed by atoms with Crippen LogP contribution < -0.4 is 4.80 Å². The van der Waals surface area contributed by atoms with Gasteiger partial charge in [0.2, 0.25) is 4.80 Å². The van der Waals surface area contributed by atoms with Gasteiger partial charge in [-0.2, -0.15) is 5.10 Å². The second-order valence-electron chi connectivity index (χ2n) is 5.56. The van der Waals surface area contributed by atoms with Gasteiger partial charge < -0.3 is 4.74 Å². The van der Waals surface area contributed by atoms with E-state index in [4.69, 9.17) is 9.84 Å². The van der Waals surface area contributed by atoms with Crippen LogP contribution in [0.3, 0.4) is 0 Å². The van der Waals surface area contributed by atoms with Crippen LogP contribution >= 0.6 is 11.3 Å². The van der Waals surface area contributed by atoms with Gasteiger partial charge in [-0.05, 0) is 18.1 Å². The molecule has 128 valence electrons. The lowest BCUT2D eigenvalue weighted by Gasteiger charge is -2.04. The summed E-state index contributed by atoms with van der Waals surface area (Å²) in [5.41, 5.74) is 4.45. The summed E-state index contributed by atoms with van der Waals surface area (Å²) in [7, 11) is 1.68. The van der Waals surface area contributed by atoms with Crippen molar-refractivity contribution in [3.05, 3.63) is 75.9 Å². The Balaban J connectivity index is 2.04. The molecule has 2 aromatic carbocycles. The first kappa shape index (κ1) is 17.3. The molecule has 0 radical (unpaired) electrons. The fourth-order valence-electron chi connectivity index (χ4n) is 2.41. The molecule has 0 bridgehead atoms. The summed E-state index contributed by atoms with van der Waals surface area (Å²) in [5, 5.41) is 6.81. The summed E-state index contributed by atoms with van der Waals surface area (Å²) in [6.07, 6.45) is 1.89. The summed E-state index contributed by atoms with van der Waals surface area (Å²) < 4.78 is 7.01. The van der Waals surface area contributed by atoms with Gasteiger partial charge in [-0.15, -0.1) is 11.3 Å². The van der Waals surface area contributed by atoms with E-state index in [-0.39, 0.29) is 0 Å². The number of aromatic nitrogens is 1. The molecule has 0 aliphatic heterocycles. The van der Waals surface area contributed by atoms with Crippen molar-refractivity contribution in [3.63, 3.8) is 0 Å². The highest BCUT2D eigenvalue weighted by Crippen LogP contribution is 2.19. The summed E-state index contributed by atoms with van der Waals surface area (Å²) in [6, 6.07) is 18.5. The maximum atomic E-state index is 5.10. The van der Waals surface area contributed by atoms with Crippen molar-refractivity contribution in [2.75, 3.05) is 20.3 Å². The molecule has 1 aromatic heterocycles. The number of aryl methyl sites for hydroxylation is 1. The van der Waals surface area contributed by atoms with Crippen molar-refractivity contribution in [1.29, 1.82) is 0 Å². The molecule has 5 heteroatoms. The molecule has 1 heterocycles. The van der Waals surface area contributed by atoms with Gasteiger partial charge in [0.25, 0.3) is 0 Å². The molecule has 0 saturated heterocycles. The highest BCUT2D eigenvalue weighted by atomic mass is 32.1. The van der Waals surface area contributed by atoms with E-state index in [9.17, 15) is 0 Å². The molecular weight excluding hydrogens is 330 g/mol. The third kappa shape index (κ3) is 4.32. The van der Waals surface area contributed by atoms with Gasteiger partial charge >= 0.3 is 0 Å². The summed E-state index contributed by atoms with van der Waals surface area (Å²) in [4.78, 5) is 5.48. The van der Waals surface area contributed by atoms with Gasteiger partial charge in [-0.25, -0.2) is 4.68 Å². The molecule has 0 saturated carbocycles. The Hall–Kier alpha value is -2.50. The molecule has 0 spiro atoms. The Bertz CT molecular complexity index is 910. The van der Waals surface area contributed by atoms with Crippen molar-refractivity contribution in [3.8, 4) is 11.3 Å². The first-order chi connectivity index (χ1) is 12.3. The predicted octanol–water partition coefficient (Wildman–Crippen LogP) is 3.95. The smallest absolute Gasteiger partial charge is 0.206 e. The zero-order chi connectivity index (χ0) is 17.5. The normalized spacial score (nSPS) is 12.2. The summed E-state index contributed by atoms with van der Waals surface area (Å²) in [6.45, 7) is 3.30. The highest BCUT2D eigenvalue weighted by molar-refractivity contribution is 7.07. The number of methoxy groups -OCH3 is 1. The van der Waals surface area contributed by atoms with E-state index >= 15 is 0 Å². The molecule has 0 N–H and O–H groups in total. The zero-order valence-corrected chi connectivity index (χ0v) is 15.2. The van der Waals surface area contributed by atoms with Gasteiger partial charge in [-0.3, -0.25) is 4.99 Å². The number of ether oxygens (including phenoxy) is 1. The number of hydrogen-bond acceptors (Lipinski definition) is 4. The molecule has 0 aliphatic rings. The van der Waals surface area contributed by atoms with E-state index in [1.54, 1.807) is 18.4 Å². The maximum absolute atomic E-state index is 5.10. The fraction of sp³-hybridized carbons (Fsp3) is 0.200. The quantitative estimate of drug-likeness (QED) is 0.489. The van der Waals surface area contributed by atoms with Crippen molar-refractivity contribution >= 4 is 17.6 Å². The second kappa shape index (κ2) is 8.55. The standard InChI is InChI=1S/C20H21N3OS/c1-16-8-6-7-11-18(16)14-22-23-19(17-9-4-3-5-10-17)15-25-20(23)21-12-13-24-2/h3-11,14-15H,12-13H2,1-2H3/b21-20?,22-14-. The third-order valence-electron chi connectivity index (χ3n) is 3.80. The van der Waals surface area contributed by atoms with Crippen molar-refractivity contribution in [1.82, 2.24) is 4.68 Å². The van der Waals surface area contributed by atoms with Crippen molar-refractivity contribution in [2.24, 2.45) is 10.1 Å². The third-order valence-corrected chi connectivity index (χ3v) is 4.65. The molecule has 3 rings (SSSR count). The minimum Gasteiger partial charge on any atom is -0.383 e. The van der Waals surface area contributed by atoms with Crippen molar-refractivity contribution in [2.45, 2.75) is 6.92 Å². The van der Waals surface area contributed by atoms with Gasteiger partial charge in [0, 0.05) is 18.1 Å². The van der Waals surface area contributed by atoms with E-state index in [0.29, 0.717) is 13.2 Å². The molecular formula is C20H21N3OS. The molecule has 0 fully saturated rings. The van der Waals surface area contributed by atoms with E-state index in [1.165, 1.54) is 5.56 Å². The molecule has 0 unspecified atom stereocenters. The first-order valence-corrected chi connectivity index (χ1v) is 9.03. The van der Waals surface area contributed by atoms with Crippen LogP contribution in [0.2, 0.25) is 0 Å². The monoisotopic (exact) mass is 351 g/mol. The van der Waals surface area contributed by atoms with Crippen LogP contribution in [-0.2, 0) is 4.74 Å². The van der Waals surface area contributed by atoms with E-state index < -0.39 is 0 Å². The number of rotatable bonds is 6. The average Bonchev–Trinajstić information content (AvgIpc) is 3.05. The number of nitrogens with zero attached hydrogens (tertiary/aromatic N) is 3. The second-order valence-corrected chi connectivity index (χ2v) is 6.39. The van der Waals surface area contributed by atoms with Crippen LogP contribution in [0.1, 0.15) is 11.1 Å². The van der Waals surface area contributed by atoms with Crippen LogP contribution in [0.4, 0.5) is 0 Å². The van der Waals surface area contributed by atoms with Gasteiger partial charge in [0.15, 0.2) is 0 Å². The Morgan fingerprint density at radius 3 is 2.60 bits per heavy atom. The summed E-state index contributed by atoms with van der Waals surface area (Å²) in [5.74, 6) is 0. The minimum absolute atomic E-state index is 0.597. The van der Waals surface area contributed by atoms with Crippen LogP contribution in [0, 0.1) is 6.92 Å². The average molecular weight is 351 g/mol. The molecule has 0 atom stereocenters. The Kier molecular flexibility index (Phi) is 5.93. The van der Waals surface area contributed by atoms with Crippen LogP contribution in [0.5, 0.6) is 0 Å². The zero-order valence-electron chi connectivity index (χ0n) is 14.4. The van der Waals surface area contributed by atoms with E-state index in [1.807, 2.05) is 41.2 Å². The first-order valence-electron chi connectivity index (χ1n) is 8.15. The van der Waals surface area contributed by atoms with Crippen LogP contribution in [-0.4, -0.2) is 31.2 Å². The predicted molar refractivity (Wildman–Crippen MR) is 104 cm³/mol. The Morgan fingerprint density at radius 2 is 1.84 bits per heavy atom. The number of benzene rings is 2. The number of hydrogen-bond donors (Lipinski definition) is 0. The van der Waals surface area contributed by atoms with Gasteiger partial charge in [0.05, 0.1) is 25.1 Å². The maximum Gasteiger partial charge on any atom is 0.206 e. The fourth-order valence-corrected chi connectivity index (χ4v) is 3.27. The van der Waals surface area contributed by atoms with Crippen LogP contribution in [0.25, 0.3) is 11.3 Å². The lowest BCUT2D eigenvalue weighted by Crippen LogP contribution is -2.13. The molecule has 3 aromatic rings. The lowest BCUT2D eigenvalue weighted by molar-refractivity contribution is 0.207. The Morgan fingerprint density at radius 1 is 1.08 bits per heavy atom. The SMILES string of the molecule is COCCN=c1scc(-c2ccccc2)n1/N=C\c1ccccc1C. The van der Waals surface area contributed by atoms with Crippen LogP contribution in [0.15, 0.2) is 70.1 Å². The largest absolute Gasteiger partial charge is 0.383 e. The van der Waals surface area contributed by atoms with E-state index in [2.05, 4.69) is 41.6 Å². The molecule has 0 aliphatic carbocycles. The number of thiazole rings is 1. The molecule has 4 nitrogen and oxygen atoms in total. The minimum atomic E-state index is 0.597. The Labute approximate surface area is 151 Å². The summed E-state index contributed by atoms with van der Waals surface area (Å²) >= 11 is 1.59.